The lowest BCUT2D eigenvalue weighted by atomic mass is 10.0. The molecule has 0 saturated heterocycles. The van der Waals surface area contributed by atoms with Crippen molar-refractivity contribution < 1.29 is 13.9 Å². The van der Waals surface area contributed by atoms with Gasteiger partial charge in [-0.1, -0.05) is 19.9 Å². The van der Waals surface area contributed by atoms with Crippen molar-refractivity contribution in [1.82, 2.24) is 0 Å². The maximum absolute atomic E-state index is 6.29. The smallest absolute Gasteiger partial charge is 0.161 e. The van der Waals surface area contributed by atoms with E-state index >= 15 is 0 Å². The number of fused-ring (bicyclic) bond motifs is 1. The van der Waals surface area contributed by atoms with Gasteiger partial charge in [-0.25, -0.2) is 0 Å². The molecule has 2 heterocycles. The maximum atomic E-state index is 6.29. The van der Waals surface area contributed by atoms with Crippen LogP contribution in [0.15, 0.2) is 34.7 Å². The van der Waals surface area contributed by atoms with Crippen LogP contribution in [0.25, 0.3) is 0 Å². The van der Waals surface area contributed by atoms with Gasteiger partial charge in [0.2, 0.25) is 0 Å². The first-order valence-electron chi connectivity index (χ1n) is 7.41. The van der Waals surface area contributed by atoms with E-state index in [9.17, 15) is 0 Å². The van der Waals surface area contributed by atoms with Crippen LogP contribution in [0.1, 0.15) is 37.0 Å². The van der Waals surface area contributed by atoms with Gasteiger partial charge in [-0.2, -0.15) is 0 Å². The average molecular weight is 287 g/mol. The molecule has 0 saturated carbocycles. The molecule has 2 N–H and O–H groups in total. The zero-order valence-corrected chi connectivity index (χ0v) is 12.5. The second kappa shape index (κ2) is 5.82. The Hall–Kier alpha value is -1.94. The number of ether oxygens (including phenoxy) is 2. The van der Waals surface area contributed by atoms with Gasteiger partial charge in [0.15, 0.2) is 11.5 Å². The van der Waals surface area contributed by atoms with Gasteiger partial charge >= 0.3 is 0 Å². The Morgan fingerprint density at radius 3 is 2.62 bits per heavy atom. The van der Waals surface area contributed by atoms with Crippen LogP contribution >= 0.6 is 0 Å². The Labute approximate surface area is 124 Å². The van der Waals surface area contributed by atoms with Gasteiger partial charge in [0.05, 0.1) is 19.3 Å². The number of furan rings is 1. The van der Waals surface area contributed by atoms with Crippen LogP contribution in [0.3, 0.4) is 0 Å². The second-order valence-electron chi connectivity index (χ2n) is 5.57. The third kappa shape index (κ3) is 2.90. The average Bonchev–Trinajstić information content (AvgIpc) is 2.91. The highest BCUT2D eigenvalue weighted by molar-refractivity contribution is 5.45. The molecule has 21 heavy (non-hydrogen) atoms. The van der Waals surface area contributed by atoms with E-state index in [1.807, 2.05) is 30.3 Å². The molecule has 2 atom stereocenters. The van der Waals surface area contributed by atoms with Crippen LogP contribution in [0.5, 0.6) is 11.5 Å². The summed E-state index contributed by atoms with van der Waals surface area (Å²) in [4.78, 5) is 0. The fraction of sp³-hybridized carbons (Fsp3) is 0.412. The third-order valence-electron chi connectivity index (χ3n) is 3.71. The van der Waals surface area contributed by atoms with E-state index < -0.39 is 0 Å². The van der Waals surface area contributed by atoms with E-state index in [1.165, 1.54) is 0 Å². The summed E-state index contributed by atoms with van der Waals surface area (Å²) in [5.74, 6) is 3.64. The topological polar surface area (TPSA) is 57.6 Å². The van der Waals surface area contributed by atoms with Gasteiger partial charge in [0, 0.05) is 12.3 Å². The quantitative estimate of drug-likeness (QED) is 0.941. The van der Waals surface area contributed by atoms with Crippen LogP contribution < -0.4 is 15.2 Å². The Kier molecular flexibility index (Phi) is 3.88. The predicted molar refractivity (Wildman–Crippen MR) is 80.7 cm³/mol. The summed E-state index contributed by atoms with van der Waals surface area (Å²) in [6, 6.07) is 9.46. The number of hydrogen-bond donors (Lipinski definition) is 1. The first-order valence-corrected chi connectivity index (χ1v) is 7.41. The van der Waals surface area contributed by atoms with Crippen LogP contribution in [0.4, 0.5) is 0 Å². The van der Waals surface area contributed by atoms with Crippen LogP contribution in [0.2, 0.25) is 0 Å². The van der Waals surface area contributed by atoms with Crippen molar-refractivity contribution in [2.24, 2.45) is 11.7 Å². The summed E-state index contributed by atoms with van der Waals surface area (Å²) in [6.45, 7) is 5.50. The van der Waals surface area contributed by atoms with Gasteiger partial charge in [0.25, 0.3) is 0 Å². The molecule has 0 radical (unpaired) electrons. The molecule has 0 amide bonds. The summed E-state index contributed by atoms with van der Waals surface area (Å²) in [5, 5.41) is 0. The lowest BCUT2D eigenvalue weighted by Gasteiger charge is -2.13. The van der Waals surface area contributed by atoms with Crippen LogP contribution in [0, 0.1) is 5.92 Å². The fourth-order valence-electron chi connectivity index (χ4n) is 2.38. The molecule has 1 aliphatic rings. The molecule has 1 aromatic heterocycles. The van der Waals surface area contributed by atoms with Crippen molar-refractivity contribution in [1.29, 1.82) is 0 Å². The largest absolute Gasteiger partial charge is 0.489 e. The first-order chi connectivity index (χ1) is 10.2. The normalized spacial score (nSPS) is 19.1. The van der Waals surface area contributed by atoms with E-state index in [1.54, 1.807) is 0 Å². The summed E-state index contributed by atoms with van der Waals surface area (Å²) < 4.78 is 17.3. The number of nitrogens with two attached hydrogens (primary N) is 1. The molecule has 3 rings (SSSR count). The van der Waals surface area contributed by atoms with Gasteiger partial charge in [0.1, 0.15) is 11.5 Å². The minimum absolute atomic E-state index is 0.292. The number of hydrogen-bond acceptors (Lipinski definition) is 4. The van der Waals surface area contributed by atoms with E-state index in [0.717, 1.165) is 35.0 Å². The number of rotatable bonds is 3. The molecule has 0 bridgehead atoms. The zero-order chi connectivity index (χ0) is 14.8. The zero-order valence-electron chi connectivity index (χ0n) is 12.5. The maximum Gasteiger partial charge on any atom is 0.161 e. The molecule has 1 aliphatic heterocycles. The van der Waals surface area contributed by atoms with Crippen molar-refractivity contribution in [2.45, 2.75) is 26.3 Å². The van der Waals surface area contributed by atoms with E-state index in [4.69, 9.17) is 19.6 Å². The van der Waals surface area contributed by atoms with E-state index in [-0.39, 0.29) is 6.04 Å². The monoisotopic (exact) mass is 287 g/mol. The number of aryl methyl sites for hydroxylation is 1. The molecule has 1 aromatic carbocycles. The second-order valence-corrected chi connectivity index (χ2v) is 5.57. The Balaban J connectivity index is 1.86. The predicted octanol–water partition coefficient (Wildman–Crippen LogP) is 3.30. The molecule has 0 fully saturated rings. The minimum Gasteiger partial charge on any atom is -0.489 e. The number of benzene rings is 1. The minimum atomic E-state index is -0.292. The highest BCUT2D eigenvalue weighted by Crippen LogP contribution is 2.34. The highest BCUT2D eigenvalue weighted by Gasteiger charge is 2.19. The van der Waals surface area contributed by atoms with E-state index in [0.29, 0.717) is 19.1 Å². The summed E-state index contributed by atoms with van der Waals surface area (Å²) in [6.07, 6.45) is 0.867. The first kappa shape index (κ1) is 14.0. The van der Waals surface area contributed by atoms with Crippen molar-refractivity contribution in [3.63, 3.8) is 0 Å². The standard InChI is InChI=1S/C17H21NO3/c1-3-13-5-7-15(21-13)17(18)12-4-6-14-16(8-12)20-10-11(2)9-19-14/h4-8,11,17H,3,9-10,18H2,1-2H3. The highest BCUT2D eigenvalue weighted by atomic mass is 16.5. The Morgan fingerprint density at radius 1 is 1.14 bits per heavy atom. The molecular formula is C17H21NO3. The Bertz CT molecular complexity index is 620. The van der Waals surface area contributed by atoms with Crippen LogP contribution in [-0.4, -0.2) is 13.2 Å². The van der Waals surface area contributed by atoms with Gasteiger partial charge in [-0.15, -0.1) is 0 Å². The molecule has 0 spiro atoms. The van der Waals surface area contributed by atoms with Crippen LogP contribution in [-0.2, 0) is 6.42 Å². The van der Waals surface area contributed by atoms with Crippen molar-refractivity contribution in [3.8, 4) is 11.5 Å². The molecule has 4 nitrogen and oxygen atoms in total. The van der Waals surface area contributed by atoms with Gasteiger partial charge in [-0.3, -0.25) is 0 Å². The third-order valence-corrected chi connectivity index (χ3v) is 3.71. The van der Waals surface area contributed by atoms with Gasteiger partial charge < -0.3 is 19.6 Å². The fourth-order valence-corrected chi connectivity index (χ4v) is 2.38. The molecular weight excluding hydrogens is 266 g/mol. The SMILES string of the molecule is CCc1ccc(C(N)c2ccc3c(c2)OCC(C)CO3)o1. The van der Waals surface area contributed by atoms with E-state index in [2.05, 4.69) is 13.8 Å². The van der Waals surface area contributed by atoms with Gasteiger partial charge in [-0.05, 0) is 29.8 Å². The lowest BCUT2D eigenvalue weighted by Crippen LogP contribution is -2.12. The molecule has 2 unspecified atom stereocenters. The van der Waals surface area contributed by atoms with Crippen molar-refractivity contribution in [2.75, 3.05) is 13.2 Å². The summed E-state index contributed by atoms with van der Waals surface area (Å²) in [7, 11) is 0. The molecule has 2 aromatic rings. The summed E-state index contributed by atoms with van der Waals surface area (Å²) >= 11 is 0. The molecule has 0 aliphatic carbocycles. The Morgan fingerprint density at radius 2 is 1.90 bits per heavy atom. The molecule has 4 heteroatoms. The lowest BCUT2D eigenvalue weighted by molar-refractivity contribution is 0.228. The van der Waals surface area contributed by atoms with Crippen molar-refractivity contribution in [3.05, 3.63) is 47.4 Å². The molecule has 112 valence electrons. The summed E-state index contributed by atoms with van der Waals surface area (Å²) in [5.41, 5.74) is 7.26. The van der Waals surface area contributed by atoms with Crippen molar-refractivity contribution >= 4 is 0 Å².